The first-order valence-electron chi connectivity index (χ1n) is 5.71. The lowest BCUT2D eigenvalue weighted by Crippen LogP contribution is -2.35. The van der Waals surface area contributed by atoms with Gasteiger partial charge in [-0.15, -0.1) is 0 Å². The first-order valence-corrected chi connectivity index (χ1v) is 7.33. The molecule has 0 spiro atoms. The van der Waals surface area contributed by atoms with Gasteiger partial charge < -0.3 is 15.7 Å². The molecule has 1 aromatic rings. The van der Waals surface area contributed by atoms with Gasteiger partial charge in [0.25, 0.3) is 0 Å². The smallest absolute Gasteiger partial charge is 0.338 e. The Kier molecular flexibility index (Phi) is 5.63. The number of nitrogens with one attached hydrogen (secondary N) is 2. The molecule has 0 saturated carbocycles. The first kappa shape index (κ1) is 16.1. The van der Waals surface area contributed by atoms with Crippen LogP contribution in [-0.4, -0.2) is 39.4 Å². The molecule has 0 radical (unpaired) electrons. The van der Waals surface area contributed by atoms with Crippen molar-refractivity contribution in [3.05, 3.63) is 29.6 Å². The number of carbonyl (C=O) groups excluding carboxylic acids is 1. The number of urea groups is 1. The van der Waals surface area contributed by atoms with Gasteiger partial charge in [-0.2, -0.15) is 0 Å². The molecule has 0 bridgehead atoms. The van der Waals surface area contributed by atoms with Crippen LogP contribution in [0.3, 0.4) is 0 Å². The molecule has 8 heteroatoms. The van der Waals surface area contributed by atoms with E-state index in [-0.39, 0.29) is 17.5 Å². The molecule has 0 aliphatic heterocycles. The maximum absolute atomic E-state index is 13.4. The zero-order valence-corrected chi connectivity index (χ0v) is 11.8. The van der Waals surface area contributed by atoms with E-state index in [0.717, 1.165) is 12.1 Å². The standard InChI is InChI=1S/C12H15FN2O4S/c1-7(20(2)19)6-14-12(18)15-8-3-4-9(11(16)17)10(13)5-8/h3-5,7H,6H2,1-2H3,(H,16,17)(H2,14,15,18). The van der Waals surface area contributed by atoms with Crippen LogP contribution in [0.4, 0.5) is 14.9 Å². The number of anilines is 1. The van der Waals surface area contributed by atoms with E-state index in [1.807, 2.05) is 0 Å². The molecule has 0 heterocycles. The zero-order valence-electron chi connectivity index (χ0n) is 11.0. The third-order valence-corrected chi connectivity index (χ3v) is 3.87. The highest BCUT2D eigenvalue weighted by atomic mass is 32.2. The number of hydrogen-bond donors (Lipinski definition) is 3. The summed E-state index contributed by atoms with van der Waals surface area (Å²) in [5.41, 5.74) is -0.332. The number of aromatic carboxylic acids is 1. The topological polar surface area (TPSA) is 95.5 Å². The summed E-state index contributed by atoms with van der Waals surface area (Å²) in [7, 11) is -1.05. The minimum Gasteiger partial charge on any atom is -0.478 e. The molecule has 0 aliphatic carbocycles. The Balaban J connectivity index is 2.61. The van der Waals surface area contributed by atoms with Crippen LogP contribution in [0.2, 0.25) is 0 Å². The van der Waals surface area contributed by atoms with E-state index in [2.05, 4.69) is 10.6 Å². The number of halogens is 1. The molecule has 2 unspecified atom stereocenters. The van der Waals surface area contributed by atoms with Crippen LogP contribution in [0.25, 0.3) is 0 Å². The number of rotatable bonds is 5. The van der Waals surface area contributed by atoms with Crippen molar-refractivity contribution in [2.75, 3.05) is 18.1 Å². The van der Waals surface area contributed by atoms with Crippen molar-refractivity contribution >= 4 is 28.5 Å². The van der Waals surface area contributed by atoms with Gasteiger partial charge in [-0.05, 0) is 25.1 Å². The van der Waals surface area contributed by atoms with Crippen molar-refractivity contribution in [3.63, 3.8) is 0 Å². The lowest BCUT2D eigenvalue weighted by atomic mass is 10.2. The van der Waals surface area contributed by atoms with Crippen LogP contribution < -0.4 is 10.6 Å². The van der Waals surface area contributed by atoms with E-state index < -0.39 is 34.2 Å². The molecule has 6 nitrogen and oxygen atoms in total. The van der Waals surface area contributed by atoms with Gasteiger partial charge in [0.2, 0.25) is 0 Å². The largest absolute Gasteiger partial charge is 0.478 e. The van der Waals surface area contributed by atoms with Crippen LogP contribution >= 0.6 is 0 Å². The Bertz CT molecular complexity index is 550. The summed E-state index contributed by atoms with van der Waals surface area (Å²) in [6, 6.07) is 2.69. The third kappa shape index (κ3) is 4.61. The SMILES string of the molecule is CC(CNC(=O)Nc1ccc(C(=O)O)c(F)c1)S(C)=O. The predicted octanol–water partition coefficient (Wildman–Crippen LogP) is 1.41. The highest BCUT2D eigenvalue weighted by Gasteiger charge is 2.12. The van der Waals surface area contributed by atoms with Crippen molar-refractivity contribution in [2.45, 2.75) is 12.2 Å². The Morgan fingerprint density at radius 2 is 2.10 bits per heavy atom. The van der Waals surface area contributed by atoms with Crippen LogP contribution in [0.1, 0.15) is 17.3 Å². The minimum atomic E-state index is -1.38. The molecular weight excluding hydrogens is 287 g/mol. The second kappa shape index (κ2) is 6.99. The van der Waals surface area contributed by atoms with Gasteiger partial charge in [0.15, 0.2) is 0 Å². The fourth-order valence-electron chi connectivity index (χ4n) is 1.30. The van der Waals surface area contributed by atoms with Gasteiger partial charge in [-0.25, -0.2) is 14.0 Å². The van der Waals surface area contributed by atoms with Crippen LogP contribution in [0.15, 0.2) is 18.2 Å². The van der Waals surface area contributed by atoms with Crippen LogP contribution in [0.5, 0.6) is 0 Å². The molecule has 2 atom stereocenters. The minimum absolute atomic E-state index is 0.135. The van der Waals surface area contributed by atoms with E-state index in [4.69, 9.17) is 5.11 Å². The number of benzene rings is 1. The average molecular weight is 302 g/mol. The molecule has 2 amide bonds. The molecular formula is C12H15FN2O4S. The summed E-state index contributed by atoms with van der Waals surface area (Å²) in [5, 5.41) is 13.3. The normalized spacial score (nSPS) is 13.3. The Morgan fingerprint density at radius 3 is 2.60 bits per heavy atom. The molecule has 0 fully saturated rings. The number of carboxylic acids is 1. The number of amides is 2. The second-order valence-corrected chi connectivity index (χ2v) is 5.95. The maximum Gasteiger partial charge on any atom is 0.338 e. The molecule has 0 aromatic heterocycles. The monoisotopic (exact) mass is 302 g/mol. The maximum atomic E-state index is 13.4. The van der Waals surface area contributed by atoms with Gasteiger partial charge in [-0.3, -0.25) is 4.21 Å². The molecule has 0 aliphatic rings. The van der Waals surface area contributed by atoms with Crippen molar-refractivity contribution in [3.8, 4) is 0 Å². The van der Waals surface area contributed by atoms with E-state index in [0.29, 0.717) is 0 Å². The summed E-state index contributed by atoms with van der Waals surface area (Å²) in [6.45, 7) is 1.93. The Morgan fingerprint density at radius 1 is 1.45 bits per heavy atom. The summed E-state index contributed by atoms with van der Waals surface area (Å²) in [6.07, 6.45) is 1.53. The number of hydrogen-bond acceptors (Lipinski definition) is 3. The predicted molar refractivity (Wildman–Crippen MR) is 73.9 cm³/mol. The van der Waals surface area contributed by atoms with Gasteiger partial charge >= 0.3 is 12.0 Å². The number of carbonyl (C=O) groups is 2. The van der Waals surface area contributed by atoms with Gasteiger partial charge in [0.1, 0.15) is 5.82 Å². The van der Waals surface area contributed by atoms with Gasteiger partial charge in [0.05, 0.1) is 5.56 Å². The van der Waals surface area contributed by atoms with E-state index in [1.54, 1.807) is 6.92 Å². The second-order valence-electron chi connectivity index (χ2n) is 4.14. The average Bonchev–Trinajstić information content (AvgIpc) is 2.35. The fraction of sp³-hybridized carbons (Fsp3) is 0.333. The van der Waals surface area contributed by atoms with Crippen molar-refractivity contribution in [1.29, 1.82) is 0 Å². The van der Waals surface area contributed by atoms with Gasteiger partial charge in [-0.1, -0.05) is 0 Å². The highest BCUT2D eigenvalue weighted by molar-refractivity contribution is 7.84. The van der Waals surface area contributed by atoms with Crippen molar-refractivity contribution in [2.24, 2.45) is 0 Å². The fourth-order valence-corrected chi connectivity index (χ4v) is 1.61. The van der Waals surface area contributed by atoms with E-state index in [9.17, 15) is 18.2 Å². The highest BCUT2D eigenvalue weighted by Crippen LogP contribution is 2.14. The van der Waals surface area contributed by atoms with Crippen molar-refractivity contribution < 1.29 is 23.3 Å². The lowest BCUT2D eigenvalue weighted by Gasteiger charge is -2.11. The van der Waals surface area contributed by atoms with Crippen LogP contribution in [-0.2, 0) is 10.8 Å². The van der Waals surface area contributed by atoms with Crippen LogP contribution in [0, 0.1) is 5.82 Å². The molecule has 3 N–H and O–H groups in total. The number of carboxylic acid groups (broad SMARTS) is 1. The molecule has 1 rings (SSSR count). The van der Waals surface area contributed by atoms with E-state index in [1.165, 1.54) is 12.3 Å². The molecule has 110 valence electrons. The van der Waals surface area contributed by atoms with Gasteiger partial charge in [0, 0.05) is 34.5 Å². The summed E-state index contributed by atoms with van der Waals surface area (Å²) in [5.74, 6) is -2.31. The third-order valence-electron chi connectivity index (χ3n) is 2.57. The van der Waals surface area contributed by atoms with E-state index >= 15 is 0 Å². The zero-order chi connectivity index (χ0) is 15.3. The first-order chi connectivity index (χ1) is 9.31. The molecule has 0 saturated heterocycles. The summed E-state index contributed by atoms with van der Waals surface area (Å²) in [4.78, 5) is 22.1. The molecule has 1 aromatic carbocycles. The lowest BCUT2D eigenvalue weighted by molar-refractivity contribution is 0.0692. The summed E-state index contributed by atoms with van der Waals surface area (Å²) >= 11 is 0. The quantitative estimate of drug-likeness (QED) is 0.766. The Labute approximate surface area is 117 Å². The Hall–Kier alpha value is -1.96. The summed E-state index contributed by atoms with van der Waals surface area (Å²) < 4.78 is 24.5. The van der Waals surface area contributed by atoms with Crippen molar-refractivity contribution in [1.82, 2.24) is 5.32 Å². The molecule has 20 heavy (non-hydrogen) atoms.